The Hall–Kier alpha value is -2.39. The molecule has 0 bridgehead atoms. The van der Waals surface area contributed by atoms with E-state index in [0.29, 0.717) is 22.5 Å². The maximum Gasteiger partial charge on any atom is 0.413 e. The molecule has 1 heterocycles. The number of halogens is 1. The first-order chi connectivity index (χ1) is 17.2. The van der Waals surface area contributed by atoms with Crippen LogP contribution in [0.15, 0.2) is 69.8 Å². The average Bonchev–Trinajstić information content (AvgIpc) is 3.21. The van der Waals surface area contributed by atoms with E-state index < -0.39 is 15.9 Å². The Balaban J connectivity index is 1.35. The molecule has 1 aliphatic carbocycles. The molecule has 2 aromatic carbocycles. The minimum atomic E-state index is -3.74. The monoisotopic (exact) mass is 546 g/mol. The zero-order valence-corrected chi connectivity index (χ0v) is 23.0. The Morgan fingerprint density at radius 1 is 1.06 bits per heavy atom. The minimum absolute atomic E-state index is 0.0323. The number of hydrogen-bond acceptors (Lipinski definition) is 6. The number of carbonyl (C=O) groups excluding carboxylic acids is 1. The number of nitrogens with one attached hydrogen (secondary N) is 1. The maximum absolute atomic E-state index is 13.0. The van der Waals surface area contributed by atoms with E-state index in [1.807, 2.05) is 6.07 Å². The molecule has 6 nitrogen and oxygen atoms in total. The predicted octanol–water partition coefficient (Wildman–Crippen LogP) is 6.49. The van der Waals surface area contributed by atoms with Crippen molar-refractivity contribution in [3.8, 4) is 5.06 Å². The molecule has 36 heavy (non-hydrogen) atoms. The molecular formula is C27H31ClN2O4S2. The molecule has 192 valence electrons. The molecule has 4 rings (SSSR count). The van der Waals surface area contributed by atoms with Gasteiger partial charge in [0.05, 0.1) is 9.79 Å². The van der Waals surface area contributed by atoms with Crippen molar-refractivity contribution in [2.75, 3.05) is 14.1 Å². The van der Waals surface area contributed by atoms with Crippen LogP contribution in [0.5, 0.6) is 5.06 Å². The molecule has 1 saturated carbocycles. The van der Waals surface area contributed by atoms with Gasteiger partial charge in [0.1, 0.15) is 0 Å². The zero-order valence-electron chi connectivity index (χ0n) is 20.6. The Morgan fingerprint density at radius 3 is 2.31 bits per heavy atom. The lowest BCUT2D eigenvalue weighted by Crippen LogP contribution is -2.41. The largest absolute Gasteiger partial charge is 0.413 e. The van der Waals surface area contributed by atoms with Crippen molar-refractivity contribution in [2.45, 2.75) is 54.5 Å². The summed E-state index contributed by atoms with van der Waals surface area (Å²) < 4.78 is 31.6. The average molecular weight is 547 g/mol. The summed E-state index contributed by atoms with van der Waals surface area (Å²) in [5.74, 6) is 0.511. The number of ether oxygens (including phenoxy) is 1. The topological polar surface area (TPSA) is 75.7 Å². The molecular weight excluding hydrogens is 516 g/mol. The molecule has 0 aliphatic heterocycles. The second-order valence-electron chi connectivity index (χ2n) is 9.43. The third-order valence-electron chi connectivity index (χ3n) is 6.79. The lowest BCUT2D eigenvalue weighted by Gasteiger charge is -2.37. The van der Waals surface area contributed by atoms with Gasteiger partial charge in [-0.15, -0.1) is 11.3 Å². The van der Waals surface area contributed by atoms with Crippen LogP contribution in [0.1, 0.15) is 42.9 Å². The van der Waals surface area contributed by atoms with Gasteiger partial charge in [0.2, 0.25) is 9.84 Å². The van der Waals surface area contributed by atoms with Gasteiger partial charge in [-0.3, -0.25) is 0 Å². The molecule has 0 spiro atoms. The second-order valence-corrected chi connectivity index (χ2v) is 12.6. The highest BCUT2D eigenvalue weighted by Crippen LogP contribution is 2.38. The van der Waals surface area contributed by atoms with Gasteiger partial charge in [-0.05, 0) is 82.4 Å². The first-order valence-corrected chi connectivity index (χ1v) is 14.7. The fourth-order valence-corrected chi connectivity index (χ4v) is 7.88. The van der Waals surface area contributed by atoms with Gasteiger partial charge in [0.15, 0.2) is 5.06 Å². The van der Waals surface area contributed by atoms with E-state index in [-0.39, 0.29) is 20.9 Å². The summed E-state index contributed by atoms with van der Waals surface area (Å²) in [4.78, 5) is 15.2. The fraction of sp³-hybridized carbons (Fsp3) is 0.370. The smallest absolute Gasteiger partial charge is 0.399 e. The van der Waals surface area contributed by atoms with Crippen LogP contribution < -0.4 is 10.1 Å². The van der Waals surface area contributed by atoms with E-state index in [4.69, 9.17) is 16.3 Å². The molecule has 1 atom stereocenters. The van der Waals surface area contributed by atoms with Gasteiger partial charge >= 0.3 is 6.09 Å². The van der Waals surface area contributed by atoms with Crippen molar-refractivity contribution in [3.63, 3.8) is 0 Å². The Kier molecular flexibility index (Phi) is 8.40. The number of thiophene rings is 1. The maximum atomic E-state index is 13.0. The van der Waals surface area contributed by atoms with Crippen molar-refractivity contribution in [1.82, 2.24) is 10.2 Å². The quantitative estimate of drug-likeness (QED) is 0.366. The van der Waals surface area contributed by atoms with Crippen LogP contribution in [0.25, 0.3) is 0 Å². The van der Waals surface area contributed by atoms with Gasteiger partial charge in [-0.1, -0.05) is 41.9 Å². The zero-order chi connectivity index (χ0) is 25.9. The normalized spacial score (nSPS) is 19.1. The summed E-state index contributed by atoms with van der Waals surface area (Å²) in [6.45, 7) is 1.65. The van der Waals surface area contributed by atoms with E-state index in [9.17, 15) is 13.2 Å². The summed E-state index contributed by atoms with van der Waals surface area (Å²) in [6, 6.07) is 16.9. The fourth-order valence-electron chi connectivity index (χ4n) is 4.99. The van der Waals surface area contributed by atoms with Gasteiger partial charge in [0, 0.05) is 28.0 Å². The van der Waals surface area contributed by atoms with Crippen molar-refractivity contribution >= 4 is 38.9 Å². The molecule has 1 N–H and O–H groups in total. The predicted molar refractivity (Wildman–Crippen MR) is 144 cm³/mol. The van der Waals surface area contributed by atoms with E-state index in [0.717, 1.165) is 37.0 Å². The van der Waals surface area contributed by atoms with E-state index in [2.05, 4.69) is 48.6 Å². The van der Waals surface area contributed by atoms with Crippen LogP contribution in [0.4, 0.5) is 4.79 Å². The first kappa shape index (κ1) is 26.7. The van der Waals surface area contributed by atoms with E-state index >= 15 is 0 Å². The molecule has 0 saturated heterocycles. The highest BCUT2D eigenvalue weighted by molar-refractivity contribution is 7.91. The van der Waals surface area contributed by atoms with Crippen molar-refractivity contribution < 1.29 is 17.9 Å². The van der Waals surface area contributed by atoms with Crippen LogP contribution in [-0.2, 0) is 9.84 Å². The van der Waals surface area contributed by atoms with Crippen LogP contribution >= 0.6 is 22.9 Å². The molecule has 1 aliphatic rings. The number of rotatable bonds is 7. The van der Waals surface area contributed by atoms with Gasteiger partial charge < -0.3 is 15.0 Å². The number of hydrogen-bond donors (Lipinski definition) is 1. The van der Waals surface area contributed by atoms with Gasteiger partial charge in [-0.2, -0.15) is 0 Å². The van der Waals surface area contributed by atoms with Crippen molar-refractivity contribution in [2.24, 2.45) is 5.92 Å². The number of carbonyl (C=O) groups is 1. The van der Waals surface area contributed by atoms with Crippen LogP contribution in [0.3, 0.4) is 0 Å². The number of sulfone groups is 1. The standard InChI is InChI=1S/C27H31ClN2O4S2/c1-18-24(36(32,33)23-15-11-21(28)12-16-23)17-35-26(18)34-27(31)29-22-13-9-20(10-14-22)25(30(2)3)19-7-5-4-6-8-19/h4-8,11-12,15-17,20,22,25H,9-10,13-14H2,1-3H3,(H,29,31). The molecule has 1 amide bonds. The van der Waals surface area contributed by atoms with E-state index in [1.165, 1.54) is 35.2 Å². The molecule has 1 aromatic heterocycles. The SMILES string of the molecule is Cc1c(S(=O)(=O)c2ccc(Cl)cc2)csc1OC(=O)NC1CCC(C(c2ccccc2)N(C)C)CC1. The summed E-state index contributed by atoms with van der Waals surface area (Å²) in [5, 5.41) is 5.23. The van der Waals surface area contributed by atoms with Crippen molar-refractivity contribution in [3.05, 3.63) is 76.1 Å². The molecule has 1 fully saturated rings. The van der Waals surface area contributed by atoms with Crippen LogP contribution in [0, 0.1) is 12.8 Å². The Morgan fingerprint density at radius 2 is 1.69 bits per heavy atom. The summed E-state index contributed by atoms with van der Waals surface area (Å²) in [7, 11) is 0.494. The Bertz CT molecular complexity index is 1280. The highest BCUT2D eigenvalue weighted by Gasteiger charge is 2.31. The number of nitrogens with zero attached hydrogens (tertiary/aromatic N) is 1. The van der Waals surface area contributed by atoms with Crippen molar-refractivity contribution in [1.29, 1.82) is 0 Å². The number of benzene rings is 2. The van der Waals surface area contributed by atoms with Crippen LogP contribution in [-0.4, -0.2) is 39.5 Å². The molecule has 9 heteroatoms. The lowest BCUT2D eigenvalue weighted by molar-refractivity contribution is 0.151. The summed E-state index contributed by atoms with van der Waals surface area (Å²) in [6.07, 6.45) is 3.20. The second kappa shape index (κ2) is 11.3. The third kappa shape index (κ3) is 5.94. The molecule has 1 unspecified atom stereocenters. The molecule has 3 aromatic rings. The summed E-state index contributed by atoms with van der Waals surface area (Å²) >= 11 is 6.99. The molecule has 0 radical (unpaired) electrons. The highest BCUT2D eigenvalue weighted by atomic mass is 35.5. The van der Waals surface area contributed by atoms with Gasteiger partial charge in [-0.25, -0.2) is 13.2 Å². The number of amides is 1. The first-order valence-electron chi connectivity index (χ1n) is 11.9. The van der Waals surface area contributed by atoms with Gasteiger partial charge in [0.25, 0.3) is 0 Å². The summed E-state index contributed by atoms with van der Waals surface area (Å²) in [5.41, 5.74) is 1.74. The minimum Gasteiger partial charge on any atom is -0.399 e. The third-order valence-corrected chi connectivity index (χ3v) is 10.0. The van der Waals surface area contributed by atoms with E-state index in [1.54, 1.807) is 6.92 Å². The van der Waals surface area contributed by atoms with Crippen LogP contribution in [0.2, 0.25) is 5.02 Å². The lowest BCUT2D eigenvalue weighted by atomic mass is 9.79. The Labute approximate surface area is 222 Å².